The predicted octanol–water partition coefficient (Wildman–Crippen LogP) is 4.54. The Morgan fingerprint density at radius 2 is 1.68 bits per heavy atom. The zero-order chi connectivity index (χ0) is 24.8. The quantitative estimate of drug-likeness (QED) is 0.455. The molecule has 0 bridgehead atoms. The number of nitrogens with one attached hydrogen (secondary N) is 2. The summed E-state index contributed by atoms with van der Waals surface area (Å²) in [6.07, 6.45) is -2.87. The van der Waals surface area contributed by atoms with Crippen molar-refractivity contribution in [2.24, 2.45) is 0 Å². The van der Waals surface area contributed by atoms with Crippen LogP contribution >= 0.6 is 0 Å². The van der Waals surface area contributed by atoms with Crippen LogP contribution in [0.15, 0.2) is 71.3 Å². The lowest BCUT2D eigenvalue weighted by atomic mass is 10.1. The molecule has 0 aliphatic heterocycles. The number of rotatable bonds is 9. The molecular weight excluding hydrogens is 473 g/mol. The fourth-order valence-corrected chi connectivity index (χ4v) is 4.37. The van der Waals surface area contributed by atoms with E-state index in [1.54, 1.807) is 0 Å². The van der Waals surface area contributed by atoms with Gasteiger partial charge in [0.25, 0.3) is 5.91 Å². The van der Waals surface area contributed by atoms with Gasteiger partial charge in [0.05, 0.1) is 23.3 Å². The molecule has 2 N–H and O–H groups in total. The summed E-state index contributed by atoms with van der Waals surface area (Å²) in [5.74, 6) is -3.16. The van der Waals surface area contributed by atoms with Gasteiger partial charge in [-0.05, 0) is 48.7 Å². The molecule has 180 valence electrons. The molecular formula is C23H21F3N2O5S. The van der Waals surface area contributed by atoms with E-state index < -0.39 is 44.8 Å². The van der Waals surface area contributed by atoms with Crippen LogP contribution in [0.25, 0.3) is 0 Å². The zero-order valence-corrected chi connectivity index (χ0v) is 18.6. The van der Waals surface area contributed by atoms with Gasteiger partial charge in [-0.25, -0.2) is 8.42 Å². The lowest BCUT2D eigenvalue weighted by Gasteiger charge is -2.16. The van der Waals surface area contributed by atoms with E-state index in [1.807, 2.05) is 35.6 Å². The van der Waals surface area contributed by atoms with Crippen LogP contribution in [-0.2, 0) is 27.2 Å². The maximum absolute atomic E-state index is 13.6. The third-order valence-corrected chi connectivity index (χ3v) is 6.33. The summed E-state index contributed by atoms with van der Waals surface area (Å²) in [6.45, 7) is 0. The van der Waals surface area contributed by atoms with Crippen LogP contribution in [0.3, 0.4) is 0 Å². The molecule has 2 aromatic carbocycles. The van der Waals surface area contributed by atoms with E-state index in [1.165, 1.54) is 18.4 Å². The van der Waals surface area contributed by atoms with Gasteiger partial charge < -0.3 is 15.1 Å². The molecule has 1 aromatic heterocycles. The molecule has 3 rings (SSSR count). The van der Waals surface area contributed by atoms with Gasteiger partial charge in [-0.2, -0.15) is 13.2 Å². The monoisotopic (exact) mass is 494 g/mol. The van der Waals surface area contributed by atoms with Gasteiger partial charge in [-0.3, -0.25) is 9.59 Å². The second-order valence-electron chi connectivity index (χ2n) is 7.42. The Morgan fingerprint density at radius 3 is 2.32 bits per heavy atom. The summed E-state index contributed by atoms with van der Waals surface area (Å²) in [6, 6.07) is 14.7. The first-order valence-electron chi connectivity index (χ1n) is 10.1. The van der Waals surface area contributed by atoms with Crippen LogP contribution in [0.1, 0.15) is 28.1 Å². The molecule has 0 aliphatic rings. The van der Waals surface area contributed by atoms with Gasteiger partial charge in [0.1, 0.15) is 5.75 Å². The molecule has 3 aromatic rings. The van der Waals surface area contributed by atoms with Crippen LogP contribution < -0.4 is 10.6 Å². The highest BCUT2D eigenvalue weighted by atomic mass is 32.2. The number of hydrogen-bond acceptors (Lipinski definition) is 5. The van der Waals surface area contributed by atoms with E-state index in [0.717, 1.165) is 17.7 Å². The molecule has 0 saturated heterocycles. The van der Waals surface area contributed by atoms with E-state index in [9.17, 15) is 31.2 Å². The number of furan rings is 1. The Hall–Kier alpha value is -3.60. The fraction of sp³-hybridized carbons (Fsp3) is 0.217. The van der Waals surface area contributed by atoms with Crippen molar-refractivity contribution in [1.29, 1.82) is 0 Å². The standard InChI is InChI=1S/C23H21F3N2O5S/c24-23(25,26)18-14-17(27-22(30)20-9-4-12-33-20)10-11-19(18)28-21(29)15-34(31,32)13-5-8-16-6-2-1-3-7-16/h1-4,6-7,9-12,14H,5,8,13,15H2,(H,27,30)(H,28,29). The third kappa shape index (κ3) is 7.20. The SMILES string of the molecule is O=C(CS(=O)(=O)CCCc1ccccc1)Nc1ccc(NC(=O)c2ccco2)cc1C(F)(F)F. The maximum atomic E-state index is 13.6. The second kappa shape index (κ2) is 10.6. The van der Waals surface area contributed by atoms with Gasteiger partial charge in [0.2, 0.25) is 5.91 Å². The number of sulfone groups is 1. The lowest BCUT2D eigenvalue weighted by molar-refractivity contribution is -0.136. The minimum Gasteiger partial charge on any atom is -0.459 e. The van der Waals surface area contributed by atoms with E-state index in [2.05, 4.69) is 5.32 Å². The molecule has 0 fully saturated rings. The fourth-order valence-electron chi connectivity index (χ4n) is 3.17. The first-order valence-corrected chi connectivity index (χ1v) is 12.0. The topological polar surface area (TPSA) is 105 Å². The summed E-state index contributed by atoms with van der Waals surface area (Å²) in [5, 5.41) is 4.29. The number of aryl methyl sites for hydroxylation is 1. The number of anilines is 2. The van der Waals surface area contributed by atoms with Gasteiger partial charge in [-0.15, -0.1) is 0 Å². The van der Waals surface area contributed by atoms with Crippen molar-refractivity contribution in [3.8, 4) is 0 Å². The molecule has 2 amide bonds. The summed E-state index contributed by atoms with van der Waals surface area (Å²) in [4.78, 5) is 24.2. The van der Waals surface area contributed by atoms with E-state index in [0.29, 0.717) is 12.5 Å². The number of carbonyl (C=O) groups is 2. The average Bonchev–Trinajstić information content (AvgIpc) is 3.29. The van der Waals surface area contributed by atoms with E-state index in [4.69, 9.17) is 4.42 Å². The summed E-state index contributed by atoms with van der Waals surface area (Å²) < 4.78 is 70.1. The van der Waals surface area contributed by atoms with Crippen LogP contribution in [0.2, 0.25) is 0 Å². The van der Waals surface area contributed by atoms with Crippen molar-refractivity contribution in [2.45, 2.75) is 19.0 Å². The number of hydrogen-bond donors (Lipinski definition) is 2. The third-order valence-electron chi connectivity index (χ3n) is 4.72. The number of alkyl halides is 3. The summed E-state index contributed by atoms with van der Waals surface area (Å²) in [5.41, 5.74) is -1.09. The molecule has 0 atom stereocenters. The van der Waals surface area contributed by atoms with Crippen molar-refractivity contribution in [3.63, 3.8) is 0 Å². The molecule has 0 saturated carbocycles. The predicted molar refractivity (Wildman–Crippen MR) is 120 cm³/mol. The highest BCUT2D eigenvalue weighted by Crippen LogP contribution is 2.36. The molecule has 1 heterocycles. The molecule has 7 nitrogen and oxygen atoms in total. The van der Waals surface area contributed by atoms with Crippen molar-refractivity contribution >= 4 is 33.0 Å². The summed E-state index contributed by atoms with van der Waals surface area (Å²) >= 11 is 0. The molecule has 0 aliphatic carbocycles. The Balaban J connectivity index is 1.64. The smallest absolute Gasteiger partial charge is 0.418 e. The molecule has 0 spiro atoms. The summed E-state index contributed by atoms with van der Waals surface area (Å²) in [7, 11) is -3.83. The van der Waals surface area contributed by atoms with Crippen LogP contribution in [0, 0.1) is 0 Å². The number of carbonyl (C=O) groups excluding carboxylic acids is 2. The highest BCUT2D eigenvalue weighted by molar-refractivity contribution is 7.92. The average molecular weight is 494 g/mol. The number of amides is 2. The van der Waals surface area contributed by atoms with Crippen LogP contribution in [0.5, 0.6) is 0 Å². The first-order chi connectivity index (χ1) is 16.0. The molecule has 0 radical (unpaired) electrons. The molecule has 11 heteroatoms. The van der Waals surface area contributed by atoms with E-state index in [-0.39, 0.29) is 23.6 Å². The van der Waals surface area contributed by atoms with Gasteiger partial charge in [0.15, 0.2) is 15.6 Å². The zero-order valence-electron chi connectivity index (χ0n) is 17.8. The van der Waals surface area contributed by atoms with E-state index >= 15 is 0 Å². The van der Waals surface area contributed by atoms with Gasteiger partial charge >= 0.3 is 6.18 Å². The number of halogens is 3. The van der Waals surface area contributed by atoms with Crippen LogP contribution in [-0.4, -0.2) is 31.7 Å². The normalized spacial score (nSPS) is 11.7. The second-order valence-corrected chi connectivity index (χ2v) is 9.60. The van der Waals surface area contributed by atoms with Gasteiger partial charge in [-0.1, -0.05) is 30.3 Å². The minimum absolute atomic E-state index is 0.0941. The minimum atomic E-state index is -4.87. The van der Waals surface area contributed by atoms with Gasteiger partial charge in [0, 0.05) is 5.69 Å². The highest BCUT2D eigenvalue weighted by Gasteiger charge is 2.34. The van der Waals surface area contributed by atoms with Crippen molar-refractivity contribution in [3.05, 3.63) is 83.8 Å². The largest absolute Gasteiger partial charge is 0.459 e. The lowest BCUT2D eigenvalue weighted by Crippen LogP contribution is -2.26. The van der Waals surface area contributed by atoms with Crippen molar-refractivity contribution in [2.75, 3.05) is 22.1 Å². The van der Waals surface area contributed by atoms with Crippen LogP contribution in [0.4, 0.5) is 24.5 Å². The number of benzene rings is 2. The Labute approximate surface area is 193 Å². The Kier molecular flexibility index (Phi) is 7.77. The maximum Gasteiger partial charge on any atom is 0.418 e. The van der Waals surface area contributed by atoms with Crippen molar-refractivity contribution in [1.82, 2.24) is 0 Å². The van der Waals surface area contributed by atoms with Crippen molar-refractivity contribution < 1.29 is 35.6 Å². The Bertz CT molecular complexity index is 1240. The first kappa shape index (κ1) is 25.0. The molecule has 0 unspecified atom stereocenters. The molecule has 34 heavy (non-hydrogen) atoms. The Morgan fingerprint density at radius 1 is 0.941 bits per heavy atom.